The summed E-state index contributed by atoms with van der Waals surface area (Å²) in [5.41, 5.74) is -0.0449. The van der Waals surface area contributed by atoms with Gasteiger partial charge < -0.3 is 0 Å². The van der Waals surface area contributed by atoms with Gasteiger partial charge >= 0.3 is 0 Å². The van der Waals surface area contributed by atoms with Crippen LogP contribution in [0.15, 0.2) is 26.9 Å². The Morgan fingerprint density at radius 3 is 2.25 bits per heavy atom. The molecule has 0 aliphatic carbocycles. The zero-order valence-corrected chi connectivity index (χ0v) is 14.6. The Hall–Kier alpha value is -0.340. The van der Waals surface area contributed by atoms with Crippen molar-refractivity contribution in [1.29, 1.82) is 0 Å². The van der Waals surface area contributed by atoms with Gasteiger partial charge in [0.2, 0.25) is 0 Å². The molecule has 1 heterocycles. The van der Waals surface area contributed by atoms with Crippen molar-refractivity contribution < 1.29 is 12.8 Å². The Kier molecular flexibility index (Phi) is 4.66. The van der Waals surface area contributed by atoms with Crippen molar-refractivity contribution in [2.75, 3.05) is 4.72 Å². The van der Waals surface area contributed by atoms with Gasteiger partial charge in [0.1, 0.15) is 10.7 Å². The van der Waals surface area contributed by atoms with E-state index in [1.807, 2.05) is 0 Å². The number of benzene rings is 1. The fourth-order valence-electron chi connectivity index (χ4n) is 1.53. The van der Waals surface area contributed by atoms with Gasteiger partial charge in [-0.25, -0.2) is 12.8 Å². The first-order valence-electron chi connectivity index (χ1n) is 5.14. The Balaban J connectivity index is 2.46. The number of rotatable bonds is 3. The number of hydrogen-bond acceptors (Lipinski definition) is 3. The van der Waals surface area contributed by atoms with Gasteiger partial charge in [0.25, 0.3) is 10.0 Å². The van der Waals surface area contributed by atoms with Crippen molar-refractivity contribution in [1.82, 2.24) is 0 Å². The minimum atomic E-state index is -3.84. The fourth-order valence-corrected chi connectivity index (χ4v) is 5.71. The molecule has 0 saturated carbocycles. The molecule has 0 amide bonds. The standard InChI is InChI=1S/C11H7BrCl2FNO2S2/c1-5-9(4-10(12)19-5)20(17,18)16-11-7(13)2-6(15)3-8(11)14/h2-4,16H,1H3. The molecule has 0 fully saturated rings. The van der Waals surface area contributed by atoms with Gasteiger partial charge in [-0.05, 0) is 41.1 Å². The lowest BCUT2D eigenvalue weighted by molar-refractivity contribution is 0.601. The van der Waals surface area contributed by atoms with Crippen molar-refractivity contribution in [3.05, 3.63) is 42.7 Å². The molecule has 1 aromatic heterocycles. The van der Waals surface area contributed by atoms with Crippen LogP contribution in [0.2, 0.25) is 10.0 Å². The second-order valence-corrected chi connectivity index (χ2v) is 8.92. The molecule has 0 atom stereocenters. The van der Waals surface area contributed by atoms with E-state index in [2.05, 4.69) is 20.7 Å². The smallest absolute Gasteiger partial charge is 0.263 e. The number of sulfonamides is 1. The molecular weight excluding hydrogens is 412 g/mol. The van der Waals surface area contributed by atoms with E-state index in [0.717, 1.165) is 12.1 Å². The minimum absolute atomic E-state index is 0.0449. The van der Waals surface area contributed by atoms with Crippen LogP contribution in [0, 0.1) is 12.7 Å². The third-order valence-electron chi connectivity index (χ3n) is 2.37. The summed E-state index contributed by atoms with van der Waals surface area (Å²) in [6, 6.07) is 3.46. The van der Waals surface area contributed by atoms with E-state index >= 15 is 0 Å². The van der Waals surface area contributed by atoms with Crippen LogP contribution in [-0.4, -0.2) is 8.42 Å². The Labute approximate surface area is 137 Å². The summed E-state index contributed by atoms with van der Waals surface area (Å²) < 4.78 is 40.6. The van der Waals surface area contributed by atoms with Crippen LogP contribution in [-0.2, 0) is 10.0 Å². The van der Waals surface area contributed by atoms with Crippen molar-refractivity contribution in [3.63, 3.8) is 0 Å². The largest absolute Gasteiger partial charge is 0.277 e. The van der Waals surface area contributed by atoms with Gasteiger partial charge in [0, 0.05) is 4.88 Å². The molecule has 1 aromatic carbocycles. The van der Waals surface area contributed by atoms with Crippen molar-refractivity contribution in [2.45, 2.75) is 11.8 Å². The molecular formula is C11H7BrCl2FNO2S2. The molecule has 0 aliphatic rings. The zero-order valence-electron chi connectivity index (χ0n) is 9.88. The molecule has 0 aliphatic heterocycles. The number of thiophene rings is 1. The number of hydrogen-bond donors (Lipinski definition) is 1. The molecule has 108 valence electrons. The van der Waals surface area contributed by atoms with Crippen LogP contribution in [0.3, 0.4) is 0 Å². The van der Waals surface area contributed by atoms with E-state index in [4.69, 9.17) is 23.2 Å². The van der Waals surface area contributed by atoms with Gasteiger partial charge in [-0.3, -0.25) is 4.72 Å². The molecule has 0 radical (unpaired) electrons. The third-order valence-corrected chi connectivity index (χ3v) is 6.13. The second-order valence-electron chi connectivity index (χ2n) is 3.82. The number of anilines is 1. The van der Waals surface area contributed by atoms with E-state index in [9.17, 15) is 12.8 Å². The number of nitrogens with one attached hydrogen (secondary N) is 1. The maximum absolute atomic E-state index is 13.1. The van der Waals surface area contributed by atoms with Crippen molar-refractivity contribution >= 4 is 66.2 Å². The highest BCUT2D eigenvalue weighted by Gasteiger charge is 2.22. The van der Waals surface area contributed by atoms with Crippen molar-refractivity contribution in [3.8, 4) is 0 Å². The van der Waals surface area contributed by atoms with E-state index in [1.165, 1.54) is 17.4 Å². The quantitative estimate of drug-likeness (QED) is 0.756. The molecule has 0 spiro atoms. The summed E-state index contributed by atoms with van der Waals surface area (Å²) in [5.74, 6) is -0.641. The molecule has 9 heteroatoms. The van der Waals surface area contributed by atoms with Gasteiger partial charge in [-0.2, -0.15) is 0 Å². The van der Waals surface area contributed by atoms with Crippen LogP contribution in [0.1, 0.15) is 4.88 Å². The van der Waals surface area contributed by atoms with Crippen LogP contribution in [0.25, 0.3) is 0 Å². The van der Waals surface area contributed by atoms with E-state index < -0.39 is 15.8 Å². The lowest BCUT2D eigenvalue weighted by Gasteiger charge is -2.11. The molecule has 0 saturated heterocycles. The summed E-state index contributed by atoms with van der Waals surface area (Å²) in [7, 11) is -3.84. The summed E-state index contributed by atoms with van der Waals surface area (Å²) >= 11 is 16.1. The normalized spacial score (nSPS) is 11.7. The summed E-state index contributed by atoms with van der Waals surface area (Å²) in [6.45, 7) is 1.68. The first kappa shape index (κ1) is 16.0. The van der Waals surface area contributed by atoms with Crippen LogP contribution >= 0.6 is 50.5 Å². The van der Waals surface area contributed by atoms with Gasteiger partial charge in [0.15, 0.2) is 0 Å². The Bertz CT molecular complexity index is 754. The topological polar surface area (TPSA) is 46.2 Å². The van der Waals surface area contributed by atoms with Gasteiger partial charge in [0.05, 0.1) is 19.5 Å². The highest BCUT2D eigenvalue weighted by Crippen LogP contribution is 2.35. The first-order valence-corrected chi connectivity index (χ1v) is 8.99. The Morgan fingerprint density at radius 2 is 1.80 bits per heavy atom. The van der Waals surface area contributed by atoms with Crippen LogP contribution in [0.4, 0.5) is 10.1 Å². The lowest BCUT2D eigenvalue weighted by Crippen LogP contribution is -2.14. The molecule has 3 nitrogen and oxygen atoms in total. The molecule has 0 bridgehead atoms. The average molecular weight is 419 g/mol. The molecule has 20 heavy (non-hydrogen) atoms. The fraction of sp³-hybridized carbons (Fsp3) is 0.0909. The highest BCUT2D eigenvalue weighted by atomic mass is 79.9. The maximum atomic E-state index is 13.1. The molecule has 2 rings (SSSR count). The lowest BCUT2D eigenvalue weighted by atomic mass is 10.3. The van der Waals surface area contributed by atoms with Crippen LogP contribution in [0.5, 0.6) is 0 Å². The van der Waals surface area contributed by atoms with Crippen molar-refractivity contribution in [2.24, 2.45) is 0 Å². The molecule has 2 aromatic rings. The maximum Gasteiger partial charge on any atom is 0.263 e. The zero-order chi connectivity index (χ0) is 15.1. The second kappa shape index (κ2) is 5.81. The Morgan fingerprint density at radius 1 is 1.25 bits per heavy atom. The van der Waals surface area contributed by atoms with E-state index in [-0.39, 0.29) is 20.6 Å². The monoisotopic (exact) mass is 417 g/mol. The van der Waals surface area contributed by atoms with Crippen LogP contribution < -0.4 is 4.72 Å². The predicted molar refractivity (Wildman–Crippen MR) is 84.0 cm³/mol. The SMILES string of the molecule is Cc1sc(Br)cc1S(=O)(=O)Nc1c(Cl)cc(F)cc1Cl. The van der Waals surface area contributed by atoms with Gasteiger partial charge in [-0.1, -0.05) is 23.2 Å². The minimum Gasteiger partial charge on any atom is -0.277 e. The number of aryl methyl sites for hydroxylation is 1. The predicted octanol–water partition coefficient (Wildman–Crippen LogP) is 5.07. The van der Waals surface area contributed by atoms with E-state index in [0.29, 0.717) is 8.66 Å². The van der Waals surface area contributed by atoms with Gasteiger partial charge in [-0.15, -0.1) is 11.3 Å². The molecule has 0 unspecified atom stereocenters. The summed E-state index contributed by atoms with van der Waals surface area (Å²) in [4.78, 5) is 0.726. The average Bonchev–Trinajstić information content (AvgIpc) is 2.64. The number of halogens is 4. The summed E-state index contributed by atoms with van der Waals surface area (Å²) in [6.07, 6.45) is 0. The highest BCUT2D eigenvalue weighted by molar-refractivity contribution is 9.11. The van der Waals surface area contributed by atoms with E-state index in [1.54, 1.807) is 6.92 Å². The molecule has 1 N–H and O–H groups in total. The summed E-state index contributed by atoms with van der Waals surface area (Å²) in [5, 5.41) is -0.212. The third kappa shape index (κ3) is 3.28. The first-order chi connectivity index (χ1) is 9.20.